The van der Waals surface area contributed by atoms with Crippen molar-refractivity contribution >= 4 is 22.8 Å². The van der Waals surface area contributed by atoms with Crippen molar-refractivity contribution in [2.75, 3.05) is 4.90 Å². The van der Waals surface area contributed by atoms with Gasteiger partial charge in [-0.05, 0) is 50.5 Å². The molecule has 4 aromatic heterocycles. The molecule has 146 valence electrons. The van der Waals surface area contributed by atoms with Crippen LogP contribution in [0.1, 0.15) is 25.0 Å². The van der Waals surface area contributed by atoms with Gasteiger partial charge in [-0.1, -0.05) is 0 Å². The largest absolute Gasteiger partial charge is 0.328 e. The highest BCUT2D eigenvalue weighted by Gasteiger charge is 2.31. The van der Waals surface area contributed by atoms with Crippen molar-refractivity contribution in [1.29, 1.82) is 0 Å². The molecule has 0 aliphatic heterocycles. The van der Waals surface area contributed by atoms with Crippen LogP contribution >= 0.6 is 0 Å². The molecule has 0 saturated heterocycles. The minimum atomic E-state index is 0.182. The second kappa shape index (κ2) is 7.17. The molecule has 4 aromatic rings. The zero-order valence-corrected chi connectivity index (χ0v) is 16.0. The van der Waals surface area contributed by atoms with E-state index >= 15 is 0 Å². The van der Waals surface area contributed by atoms with Crippen molar-refractivity contribution in [3.63, 3.8) is 0 Å². The fourth-order valence-corrected chi connectivity index (χ4v) is 3.81. The molecule has 0 spiro atoms. The van der Waals surface area contributed by atoms with Crippen LogP contribution in [0.25, 0.3) is 16.7 Å². The van der Waals surface area contributed by atoms with E-state index in [9.17, 15) is 0 Å². The zero-order chi connectivity index (χ0) is 19.8. The maximum absolute atomic E-state index is 6.16. The first-order chi connectivity index (χ1) is 14.2. The van der Waals surface area contributed by atoms with Gasteiger partial charge in [-0.3, -0.25) is 4.90 Å². The normalized spacial score (nSPS) is 19.0. The summed E-state index contributed by atoms with van der Waals surface area (Å²) < 4.78 is 1.78. The predicted molar refractivity (Wildman–Crippen MR) is 109 cm³/mol. The SMILES string of the molecule is Cc1cnc(N(c2ccc(-n3ncc4cccnc43)cn2)[C@H]2CC[C@H](N)C2)nn1. The third-order valence-electron chi connectivity index (χ3n) is 5.24. The number of rotatable bonds is 4. The van der Waals surface area contributed by atoms with E-state index in [0.29, 0.717) is 5.95 Å². The Balaban J connectivity index is 1.52. The number of fused-ring (bicyclic) bond motifs is 1. The molecule has 9 nitrogen and oxygen atoms in total. The Bertz CT molecular complexity index is 1120. The fourth-order valence-electron chi connectivity index (χ4n) is 3.81. The molecule has 0 aromatic carbocycles. The monoisotopic (exact) mass is 387 g/mol. The van der Waals surface area contributed by atoms with Crippen LogP contribution in [0, 0.1) is 6.92 Å². The highest BCUT2D eigenvalue weighted by molar-refractivity contribution is 5.75. The number of aryl methyl sites for hydroxylation is 1. The number of anilines is 2. The Morgan fingerprint density at radius 2 is 1.97 bits per heavy atom. The van der Waals surface area contributed by atoms with Crippen LogP contribution in [0.4, 0.5) is 11.8 Å². The van der Waals surface area contributed by atoms with Gasteiger partial charge in [-0.25, -0.2) is 19.6 Å². The molecule has 2 atom stereocenters. The minimum Gasteiger partial charge on any atom is -0.328 e. The van der Waals surface area contributed by atoms with Crippen molar-refractivity contribution < 1.29 is 0 Å². The number of nitrogens with zero attached hydrogens (tertiary/aromatic N) is 8. The van der Waals surface area contributed by atoms with Gasteiger partial charge in [0.15, 0.2) is 5.65 Å². The lowest BCUT2D eigenvalue weighted by Gasteiger charge is -2.27. The molecular weight excluding hydrogens is 366 g/mol. The second-order valence-corrected chi connectivity index (χ2v) is 7.34. The highest BCUT2D eigenvalue weighted by atomic mass is 15.4. The van der Waals surface area contributed by atoms with E-state index in [0.717, 1.165) is 47.5 Å². The molecule has 1 fully saturated rings. The molecule has 9 heteroatoms. The van der Waals surface area contributed by atoms with Crippen molar-refractivity contribution in [1.82, 2.24) is 34.9 Å². The first-order valence-electron chi connectivity index (χ1n) is 9.65. The maximum Gasteiger partial charge on any atom is 0.251 e. The molecule has 0 bridgehead atoms. The number of hydrogen-bond acceptors (Lipinski definition) is 8. The lowest BCUT2D eigenvalue weighted by Crippen LogP contribution is -2.32. The van der Waals surface area contributed by atoms with Gasteiger partial charge in [0.25, 0.3) is 5.95 Å². The van der Waals surface area contributed by atoms with Gasteiger partial charge < -0.3 is 5.73 Å². The van der Waals surface area contributed by atoms with Crippen LogP contribution in [0.2, 0.25) is 0 Å². The van der Waals surface area contributed by atoms with E-state index in [4.69, 9.17) is 10.7 Å². The number of hydrogen-bond donors (Lipinski definition) is 1. The smallest absolute Gasteiger partial charge is 0.251 e. The zero-order valence-electron chi connectivity index (χ0n) is 16.0. The van der Waals surface area contributed by atoms with Crippen LogP contribution in [-0.4, -0.2) is 47.0 Å². The fraction of sp³-hybridized carbons (Fsp3) is 0.300. The van der Waals surface area contributed by atoms with E-state index in [2.05, 4.69) is 25.3 Å². The Kier molecular flexibility index (Phi) is 4.36. The summed E-state index contributed by atoms with van der Waals surface area (Å²) in [5.74, 6) is 1.31. The molecule has 0 unspecified atom stereocenters. The van der Waals surface area contributed by atoms with Crippen molar-refractivity contribution in [2.24, 2.45) is 5.73 Å². The molecule has 29 heavy (non-hydrogen) atoms. The van der Waals surface area contributed by atoms with Crippen LogP contribution < -0.4 is 10.6 Å². The van der Waals surface area contributed by atoms with Gasteiger partial charge in [0.1, 0.15) is 5.82 Å². The number of nitrogens with two attached hydrogens (primary N) is 1. The summed E-state index contributed by atoms with van der Waals surface area (Å²) in [6.45, 7) is 1.87. The van der Waals surface area contributed by atoms with Crippen LogP contribution in [-0.2, 0) is 0 Å². The summed E-state index contributed by atoms with van der Waals surface area (Å²) >= 11 is 0. The quantitative estimate of drug-likeness (QED) is 0.568. The first kappa shape index (κ1) is 17.6. The molecule has 1 aliphatic carbocycles. The Morgan fingerprint density at radius 1 is 1.03 bits per heavy atom. The third-order valence-corrected chi connectivity index (χ3v) is 5.24. The summed E-state index contributed by atoms with van der Waals surface area (Å²) in [5.41, 5.74) is 8.58. The minimum absolute atomic E-state index is 0.182. The van der Waals surface area contributed by atoms with E-state index in [1.165, 1.54) is 0 Å². The van der Waals surface area contributed by atoms with Crippen LogP contribution in [0.5, 0.6) is 0 Å². The van der Waals surface area contributed by atoms with Gasteiger partial charge in [0, 0.05) is 23.7 Å². The van der Waals surface area contributed by atoms with E-state index < -0.39 is 0 Å². The average molecular weight is 387 g/mol. The molecular formula is C20H21N9. The van der Waals surface area contributed by atoms with Gasteiger partial charge in [0.05, 0.1) is 30.0 Å². The topological polar surface area (TPSA) is 112 Å². The maximum atomic E-state index is 6.16. The predicted octanol–water partition coefficient (Wildman–Crippen LogP) is 2.33. The highest BCUT2D eigenvalue weighted by Crippen LogP contribution is 2.31. The van der Waals surface area contributed by atoms with E-state index in [1.807, 2.05) is 36.1 Å². The molecule has 5 rings (SSSR count). The van der Waals surface area contributed by atoms with Gasteiger partial charge >= 0.3 is 0 Å². The summed E-state index contributed by atoms with van der Waals surface area (Å²) in [7, 11) is 0. The molecule has 1 aliphatic rings. The third kappa shape index (κ3) is 3.29. The lowest BCUT2D eigenvalue weighted by atomic mass is 10.2. The lowest BCUT2D eigenvalue weighted by molar-refractivity contribution is 0.630. The summed E-state index contributed by atoms with van der Waals surface area (Å²) in [6.07, 6.45) is 9.89. The Morgan fingerprint density at radius 3 is 2.69 bits per heavy atom. The van der Waals surface area contributed by atoms with Gasteiger partial charge in [0.2, 0.25) is 0 Å². The number of pyridine rings is 2. The molecule has 1 saturated carbocycles. The second-order valence-electron chi connectivity index (χ2n) is 7.34. The van der Waals surface area contributed by atoms with Crippen molar-refractivity contribution in [3.05, 3.63) is 54.7 Å². The molecule has 0 radical (unpaired) electrons. The van der Waals surface area contributed by atoms with Gasteiger partial charge in [-0.2, -0.15) is 10.2 Å². The van der Waals surface area contributed by atoms with Crippen LogP contribution in [0.3, 0.4) is 0 Å². The Hall–Kier alpha value is -3.46. The summed E-state index contributed by atoms with van der Waals surface area (Å²) in [4.78, 5) is 15.6. The van der Waals surface area contributed by atoms with Gasteiger partial charge in [-0.15, -0.1) is 5.10 Å². The molecule has 4 heterocycles. The van der Waals surface area contributed by atoms with Crippen LogP contribution in [0.15, 0.2) is 49.1 Å². The molecule has 2 N–H and O–H groups in total. The van der Waals surface area contributed by atoms with Crippen molar-refractivity contribution in [2.45, 2.75) is 38.3 Å². The van der Waals surface area contributed by atoms with E-state index in [1.54, 1.807) is 29.5 Å². The number of aromatic nitrogens is 7. The summed E-state index contributed by atoms with van der Waals surface area (Å²) in [6, 6.07) is 8.20. The van der Waals surface area contributed by atoms with Crippen molar-refractivity contribution in [3.8, 4) is 5.69 Å². The Labute approximate surface area is 167 Å². The first-order valence-corrected chi connectivity index (χ1v) is 9.65. The summed E-state index contributed by atoms with van der Waals surface area (Å²) in [5, 5.41) is 13.9. The van der Waals surface area contributed by atoms with E-state index in [-0.39, 0.29) is 12.1 Å². The standard InChI is InChI=1S/C20H21N9/c1-13-10-24-20(27-26-13)28(16-5-4-15(21)9-16)18-7-6-17(12-23-18)29-19-14(11-25-29)3-2-8-22-19/h2-3,6-8,10-12,15-16H,4-5,9,21H2,1H3/t15-,16-/m0/s1. The molecule has 0 amide bonds. The average Bonchev–Trinajstić information content (AvgIpc) is 3.37.